The van der Waals surface area contributed by atoms with Gasteiger partial charge in [0.25, 0.3) is 0 Å². The first-order valence-corrected chi connectivity index (χ1v) is 6.22. The first-order valence-electron chi connectivity index (χ1n) is 6.22. The second-order valence-corrected chi connectivity index (χ2v) is 4.13. The fourth-order valence-corrected chi connectivity index (χ4v) is 1.56. The first-order chi connectivity index (χ1) is 8.07. The normalized spacial score (nSPS) is 11.5. The molecule has 0 rings (SSSR count). The van der Waals surface area contributed by atoms with E-state index in [4.69, 9.17) is 10.2 Å². The molecule has 0 aromatic rings. The maximum Gasteiger partial charge on any atom is 0.331 e. The third kappa shape index (κ3) is 9.60. The van der Waals surface area contributed by atoms with Gasteiger partial charge in [-0.05, 0) is 19.3 Å². The molecule has 17 heavy (non-hydrogen) atoms. The zero-order valence-electron chi connectivity index (χ0n) is 10.4. The van der Waals surface area contributed by atoms with E-state index in [2.05, 4.69) is 6.92 Å². The van der Waals surface area contributed by atoms with E-state index in [-0.39, 0.29) is 18.4 Å². The molecule has 2 N–H and O–H groups in total. The van der Waals surface area contributed by atoms with Gasteiger partial charge in [0.05, 0.1) is 0 Å². The summed E-state index contributed by atoms with van der Waals surface area (Å²) in [6.45, 7) is 2.15. The average Bonchev–Trinajstić information content (AvgIpc) is 2.26. The molecular weight excluding hydrogens is 220 g/mol. The highest BCUT2D eigenvalue weighted by molar-refractivity contribution is 5.87. The highest BCUT2D eigenvalue weighted by Crippen LogP contribution is 2.11. The number of allylic oxidation sites excluding steroid dienone is 1. The Morgan fingerprint density at radius 2 is 1.65 bits per heavy atom. The molecular formula is C13H22O4. The van der Waals surface area contributed by atoms with Crippen molar-refractivity contribution in [3.05, 3.63) is 11.6 Å². The molecule has 0 aromatic carbocycles. The monoisotopic (exact) mass is 242 g/mol. The molecule has 0 atom stereocenters. The Morgan fingerprint density at radius 1 is 1.00 bits per heavy atom. The Balaban J connectivity index is 3.87. The van der Waals surface area contributed by atoms with Crippen LogP contribution in [0.5, 0.6) is 0 Å². The number of hydrogen-bond donors (Lipinski definition) is 2. The molecule has 0 heterocycles. The van der Waals surface area contributed by atoms with Crippen LogP contribution in [0.15, 0.2) is 11.6 Å². The maximum atomic E-state index is 10.8. The number of aliphatic carboxylic acids is 2. The number of carboxylic acids is 2. The van der Waals surface area contributed by atoms with Crippen molar-refractivity contribution in [3.8, 4) is 0 Å². The van der Waals surface area contributed by atoms with Crippen LogP contribution in [0.1, 0.15) is 58.3 Å². The maximum absolute atomic E-state index is 10.8. The zero-order chi connectivity index (χ0) is 13.1. The summed E-state index contributed by atoms with van der Waals surface area (Å²) < 4.78 is 0. The van der Waals surface area contributed by atoms with E-state index < -0.39 is 11.9 Å². The lowest BCUT2D eigenvalue weighted by Crippen LogP contribution is -2.04. The van der Waals surface area contributed by atoms with Gasteiger partial charge in [0.2, 0.25) is 0 Å². The van der Waals surface area contributed by atoms with Gasteiger partial charge in [0.15, 0.2) is 0 Å². The number of carboxylic acid groups (broad SMARTS) is 2. The van der Waals surface area contributed by atoms with Crippen LogP contribution in [-0.4, -0.2) is 22.2 Å². The van der Waals surface area contributed by atoms with E-state index in [1.807, 2.05) is 0 Å². The van der Waals surface area contributed by atoms with Gasteiger partial charge in [-0.1, -0.05) is 38.7 Å². The number of unbranched alkanes of at least 4 members (excludes halogenated alkanes) is 5. The van der Waals surface area contributed by atoms with E-state index in [0.29, 0.717) is 0 Å². The quantitative estimate of drug-likeness (QED) is 0.455. The van der Waals surface area contributed by atoms with Gasteiger partial charge >= 0.3 is 11.9 Å². The minimum Gasteiger partial charge on any atom is -0.481 e. The Morgan fingerprint density at radius 3 is 2.18 bits per heavy atom. The lowest BCUT2D eigenvalue weighted by molar-refractivity contribution is -0.137. The molecule has 0 aromatic heterocycles. The Hall–Kier alpha value is -1.32. The van der Waals surface area contributed by atoms with Crippen molar-refractivity contribution in [3.63, 3.8) is 0 Å². The van der Waals surface area contributed by atoms with Crippen molar-refractivity contribution >= 4 is 11.9 Å². The molecule has 0 saturated heterocycles. The lowest BCUT2D eigenvalue weighted by atomic mass is 10.1. The van der Waals surface area contributed by atoms with Gasteiger partial charge < -0.3 is 10.2 Å². The molecule has 0 aliphatic heterocycles. The van der Waals surface area contributed by atoms with E-state index in [9.17, 15) is 9.59 Å². The smallest absolute Gasteiger partial charge is 0.331 e. The van der Waals surface area contributed by atoms with Crippen LogP contribution < -0.4 is 0 Å². The van der Waals surface area contributed by atoms with E-state index in [1.54, 1.807) is 6.08 Å². The van der Waals surface area contributed by atoms with Crippen molar-refractivity contribution in [1.29, 1.82) is 0 Å². The second kappa shape index (κ2) is 9.87. The summed E-state index contributed by atoms with van der Waals surface area (Å²) in [5, 5.41) is 17.4. The standard InChI is InChI=1S/C13H22O4/c1-2-3-4-5-6-7-8-11(13(16)17)9-10-12(14)15/h8H,2-7,9-10H2,1H3,(H,14,15)(H,16,17). The van der Waals surface area contributed by atoms with Crippen molar-refractivity contribution in [2.75, 3.05) is 0 Å². The third-order valence-electron chi connectivity index (χ3n) is 2.58. The van der Waals surface area contributed by atoms with Crippen LogP contribution in [0.2, 0.25) is 0 Å². The van der Waals surface area contributed by atoms with Gasteiger partial charge in [-0.15, -0.1) is 0 Å². The highest BCUT2D eigenvalue weighted by atomic mass is 16.4. The molecule has 0 aliphatic rings. The summed E-state index contributed by atoms with van der Waals surface area (Å²) in [6.07, 6.45) is 8.06. The highest BCUT2D eigenvalue weighted by Gasteiger charge is 2.08. The summed E-state index contributed by atoms with van der Waals surface area (Å²) in [6, 6.07) is 0. The number of rotatable bonds is 10. The molecule has 0 amide bonds. The molecule has 0 radical (unpaired) electrons. The van der Waals surface area contributed by atoms with Crippen molar-refractivity contribution in [2.24, 2.45) is 0 Å². The molecule has 0 bridgehead atoms. The van der Waals surface area contributed by atoms with Gasteiger partial charge in [-0.25, -0.2) is 4.79 Å². The zero-order valence-corrected chi connectivity index (χ0v) is 10.4. The topological polar surface area (TPSA) is 74.6 Å². The van der Waals surface area contributed by atoms with Gasteiger partial charge in [-0.2, -0.15) is 0 Å². The van der Waals surface area contributed by atoms with Crippen molar-refractivity contribution < 1.29 is 19.8 Å². The Labute approximate surface area is 102 Å². The van der Waals surface area contributed by atoms with Crippen molar-refractivity contribution in [1.82, 2.24) is 0 Å². The van der Waals surface area contributed by atoms with Crippen LogP contribution >= 0.6 is 0 Å². The average molecular weight is 242 g/mol. The fraction of sp³-hybridized carbons (Fsp3) is 0.692. The van der Waals surface area contributed by atoms with Crippen LogP contribution in [-0.2, 0) is 9.59 Å². The predicted molar refractivity (Wildman–Crippen MR) is 66.0 cm³/mol. The molecule has 0 saturated carbocycles. The minimum absolute atomic E-state index is 0.111. The van der Waals surface area contributed by atoms with Gasteiger partial charge in [0.1, 0.15) is 0 Å². The Kier molecular flexibility index (Phi) is 9.11. The largest absolute Gasteiger partial charge is 0.481 e. The molecule has 98 valence electrons. The van der Waals surface area contributed by atoms with Gasteiger partial charge in [-0.3, -0.25) is 4.79 Å². The third-order valence-corrected chi connectivity index (χ3v) is 2.58. The van der Waals surface area contributed by atoms with Crippen LogP contribution in [0, 0.1) is 0 Å². The van der Waals surface area contributed by atoms with Crippen LogP contribution in [0.4, 0.5) is 0 Å². The second-order valence-electron chi connectivity index (χ2n) is 4.13. The predicted octanol–water partition coefficient (Wildman–Crippen LogP) is 3.22. The molecule has 4 nitrogen and oxygen atoms in total. The summed E-state index contributed by atoms with van der Waals surface area (Å²) in [7, 11) is 0. The molecule has 0 aliphatic carbocycles. The Bertz CT molecular complexity index is 269. The van der Waals surface area contributed by atoms with Gasteiger partial charge in [0, 0.05) is 12.0 Å². The molecule has 0 fully saturated rings. The van der Waals surface area contributed by atoms with Crippen molar-refractivity contribution in [2.45, 2.75) is 58.3 Å². The minimum atomic E-state index is -1.00. The fourth-order valence-electron chi connectivity index (χ4n) is 1.56. The molecule has 0 spiro atoms. The van der Waals surface area contributed by atoms with Crippen LogP contribution in [0.25, 0.3) is 0 Å². The van der Waals surface area contributed by atoms with E-state index in [0.717, 1.165) is 19.3 Å². The summed E-state index contributed by atoms with van der Waals surface area (Å²) in [4.78, 5) is 21.2. The summed E-state index contributed by atoms with van der Waals surface area (Å²) >= 11 is 0. The lowest BCUT2D eigenvalue weighted by Gasteiger charge is -2.01. The van der Waals surface area contributed by atoms with E-state index in [1.165, 1.54) is 19.3 Å². The molecule has 4 heteroatoms. The molecule has 0 unspecified atom stereocenters. The number of hydrogen-bond acceptors (Lipinski definition) is 2. The SMILES string of the molecule is CCCCCCCC=C(CCC(=O)O)C(=O)O. The number of carbonyl (C=O) groups is 2. The first kappa shape index (κ1) is 15.7. The summed E-state index contributed by atoms with van der Waals surface area (Å²) in [5.41, 5.74) is 0.225. The van der Waals surface area contributed by atoms with E-state index >= 15 is 0 Å². The summed E-state index contributed by atoms with van der Waals surface area (Å²) in [5.74, 6) is -1.96. The van der Waals surface area contributed by atoms with Crippen LogP contribution in [0.3, 0.4) is 0 Å².